The Bertz CT molecular complexity index is 1030. The molecule has 11 nitrogen and oxygen atoms in total. The third-order valence-electron chi connectivity index (χ3n) is 5.46. The summed E-state index contributed by atoms with van der Waals surface area (Å²) in [5, 5.41) is 23.4. The Balaban J connectivity index is 2.01. The summed E-state index contributed by atoms with van der Waals surface area (Å²) in [7, 11) is 0. The van der Waals surface area contributed by atoms with E-state index >= 15 is 8.78 Å². The minimum atomic E-state index is -4.16. The highest BCUT2D eigenvalue weighted by Gasteiger charge is 2.52. The number of aliphatic hydroxyl groups excluding tert-OH is 1. The second-order valence-electron chi connectivity index (χ2n) is 8.23. The van der Waals surface area contributed by atoms with E-state index in [2.05, 4.69) is 5.32 Å². The van der Waals surface area contributed by atoms with Gasteiger partial charge in [0.2, 0.25) is 0 Å². The van der Waals surface area contributed by atoms with Gasteiger partial charge in [0.05, 0.1) is 11.0 Å². The monoisotopic (exact) mass is 524 g/mol. The number of non-ortho nitro benzene ring substituents is 1. The van der Waals surface area contributed by atoms with E-state index in [0.29, 0.717) is 17.5 Å². The van der Waals surface area contributed by atoms with E-state index in [9.17, 15) is 24.8 Å². The number of ether oxygens (including phenoxy) is 2. The molecule has 0 spiro atoms. The minimum Gasteiger partial charge on any atom is -0.459 e. The fourth-order valence-corrected chi connectivity index (χ4v) is 3.30. The second kappa shape index (κ2) is 14.2. The molecule has 37 heavy (non-hydrogen) atoms. The number of alkyl halides is 2. The topological polar surface area (TPSA) is 180 Å². The summed E-state index contributed by atoms with van der Waals surface area (Å²) in [5.41, 5.74) is 11.7. The van der Waals surface area contributed by atoms with Crippen LogP contribution in [0.1, 0.15) is 30.4 Å². The quantitative estimate of drug-likeness (QED) is 0.125. The maximum Gasteiger partial charge on any atom is 0.407 e. The highest BCUT2D eigenvalue weighted by Crippen LogP contribution is 2.27. The minimum absolute atomic E-state index is 0.105. The molecule has 1 amide bonds. The summed E-state index contributed by atoms with van der Waals surface area (Å²) < 4.78 is 39.9. The molecular formula is C24H30F2N4O7. The van der Waals surface area contributed by atoms with E-state index in [1.165, 1.54) is 24.3 Å². The van der Waals surface area contributed by atoms with Crippen LogP contribution < -0.4 is 16.8 Å². The molecule has 3 unspecified atom stereocenters. The van der Waals surface area contributed by atoms with Crippen molar-refractivity contribution in [2.75, 3.05) is 6.54 Å². The van der Waals surface area contributed by atoms with E-state index in [4.69, 9.17) is 20.9 Å². The zero-order chi connectivity index (χ0) is 27.4. The highest BCUT2D eigenvalue weighted by molar-refractivity contribution is 5.77. The fourth-order valence-electron chi connectivity index (χ4n) is 3.30. The number of nitro benzene ring substituents is 1. The molecule has 0 radical (unpaired) electrons. The van der Waals surface area contributed by atoms with Crippen LogP contribution in [0.15, 0.2) is 54.6 Å². The van der Waals surface area contributed by atoms with Gasteiger partial charge in [0.25, 0.3) is 5.69 Å². The zero-order valence-corrected chi connectivity index (χ0v) is 19.9. The molecule has 2 rings (SSSR count). The van der Waals surface area contributed by atoms with Gasteiger partial charge >= 0.3 is 18.0 Å². The second-order valence-corrected chi connectivity index (χ2v) is 8.23. The number of nitro groups is 1. The molecule has 0 saturated heterocycles. The van der Waals surface area contributed by atoms with Crippen molar-refractivity contribution in [3.8, 4) is 0 Å². The third kappa shape index (κ3) is 9.04. The van der Waals surface area contributed by atoms with E-state index in [0.717, 1.165) is 0 Å². The van der Waals surface area contributed by atoms with Crippen molar-refractivity contribution in [3.63, 3.8) is 0 Å². The number of hydrogen-bond acceptors (Lipinski definition) is 9. The number of nitrogens with two attached hydrogens (primary N) is 2. The number of carbonyl (C=O) groups excluding carboxylic acids is 2. The van der Waals surface area contributed by atoms with Crippen LogP contribution in [0.3, 0.4) is 0 Å². The zero-order valence-electron chi connectivity index (χ0n) is 19.9. The van der Waals surface area contributed by atoms with Crippen molar-refractivity contribution in [3.05, 3.63) is 75.8 Å². The number of benzene rings is 2. The maximum absolute atomic E-state index is 15.0. The van der Waals surface area contributed by atoms with Crippen LogP contribution in [-0.4, -0.2) is 52.7 Å². The number of hydrogen-bond donors (Lipinski definition) is 4. The number of esters is 1. The van der Waals surface area contributed by atoms with Crippen LogP contribution in [0.4, 0.5) is 19.3 Å². The average molecular weight is 525 g/mol. The van der Waals surface area contributed by atoms with Gasteiger partial charge < -0.3 is 31.4 Å². The van der Waals surface area contributed by atoms with Crippen molar-refractivity contribution < 1.29 is 37.9 Å². The number of unbranched alkanes of at least 4 members (excludes halogenated alkanes) is 1. The van der Waals surface area contributed by atoms with Crippen molar-refractivity contribution in [2.45, 2.75) is 56.6 Å². The largest absolute Gasteiger partial charge is 0.459 e. The van der Waals surface area contributed by atoms with Gasteiger partial charge in [-0.1, -0.05) is 36.8 Å². The predicted molar refractivity (Wildman–Crippen MR) is 128 cm³/mol. The Morgan fingerprint density at radius 2 is 1.62 bits per heavy atom. The van der Waals surface area contributed by atoms with Crippen LogP contribution in [0, 0.1) is 10.1 Å². The lowest BCUT2D eigenvalue weighted by Crippen LogP contribution is -2.61. The first-order valence-electron chi connectivity index (χ1n) is 11.4. The van der Waals surface area contributed by atoms with E-state index < -0.39 is 41.1 Å². The first kappa shape index (κ1) is 29.5. The van der Waals surface area contributed by atoms with Gasteiger partial charge in [-0.25, -0.2) is 13.6 Å². The molecule has 0 aliphatic heterocycles. The van der Waals surface area contributed by atoms with Crippen LogP contribution in [0.2, 0.25) is 0 Å². The Kier molecular flexibility index (Phi) is 11.3. The number of halogens is 2. The van der Waals surface area contributed by atoms with E-state index in [-0.39, 0.29) is 38.3 Å². The number of carbonyl (C=O) groups is 2. The summed E-state index contributed by atoms with van der Waals surface area (Å²) in [6, 6.07) is 9.50. The van der Waals surface area contributed by atoms with Gasteiger partial charge in [-0.3, -0.25) is 14.9 Å². The summed E-state index contributed by atoms with van der Waals surface area (Å²) in [6.07, 6.45) is -3.06. The van der Waals surface area contributed by atoms with Gasteiger partial charge in [-0.2, -0.15) is 0 Å². The molecule has 0 heterocycles. The molecule has 3 atom stereocenters. The number of nitrogens with zero attached hydrogens (tertiary/aromatic N) is 1. The predicted octanol–water partition coefficient (Wildman–Crippen LogP) is 2.39. The summed E-state index contributed by atoms with van der Waals surface area (Å²) in [4.78, 5) is 34.6. The third-order valence-corrected chi connectivity index (χ3v) is 5.46. The van der Waals surface area contributed by atoms with Crippen molar-refractivity contribution in [2.24, 2.45) is 11.5 Å². The Labute approximate surface area is 211 Å². The molecule has 0 bridgehead atoms. The fraction of sp³-hybridized carbons (Fsp3) is 0.417. The molecule has 13 heteroatoms. The maximum atomic E-state index is 15.0. The van der Waals surface area contributed by atoms with Gasteiger partial charge in [0, 0.05) is 12.1 Å². The van der Waals surface area contributed by atoms with Crippen LogP contribution in [-0.2, 0) is 27.5 Å². The molecule has 2 aromatic rings. The molecule has 2 aromatic carbocycles. The number of amides is 1. The highest BCUT2D eigenvalue weighted by atomic mass is 19.3. The van der Waals surface area contributed by atoms with E-state index in [1.54, 1.807) is 30.3 Å². The molecule has 0 fully saturated rings. The Morgan fingerprint density at radius 1 is 1.03 bits per heavy atom. The van der Waals surface area contributed by atoms with Crippen LogP contribution in [0.5, 0.6) is 0 Å². The standard InChI is InChI=1S/C24H30F2N4O7/c25-24(26,20(28)22(32)36-14-16-6-2-1-3-7-16)21(31)19(8-4-5-13-27)29-23(33)37-15-17-9-11-18(12-10-17)30(34)35/h1-3,6-7,9-12,19-21,31H,4-5,8,13-15,27-28H2,(H,29,33). The molecule has 202 valence electrons. The van der Waals surface area contributed by atoms with Crippen molar-refractivity contribution in [1.29, 1.82) is 0 Å². The molecule has 0 aromatic heterocycles. The molecule has 0 saturated carbocycles. The lowest BCUT2D eigenvalue weighted by molar-refractivity contribution is -0.384. The van der Waals surface area contributed by atoms with Gasteiger partial charge in [-0.05, 0) is 42.6 Å². The first-order valence-corrected chi connectivity index (χ1v) is 11.4. The summed E-state index contributed by atoms with van der Waals surface area (Å²) in [6.45, 7) is -0.334. The molecule has 6 N–H and O–H groups in total. The Hall–Kier alpha value is -3.68. The average Bonchev–Trinajstić information content (AvgIpc) is 2.90. The van der Waals surface area contributed by atoms with Crippen LogP contribution in [0.25, 0.3) is 0 Å². The van der Waals surface area contributed by atoms with Crippen molar-refractivity contribution >= 4 is 17.7 Å². The molecule has 0 aliphatic rings. The number of nitrogens with one attached hydrogen (secondary N) is 1. The summed E-state index contributed by atoms with van der Waals surface area (Å²) in [5.74, 6) is -5.58. The lowest BCUT2D eigenvalue weighted by atomic mass is 9.94. The van der Waals surface area contributed by atoms with Crippen LogP contribution >= 0.6 is 0 Å². The van der Waals surface area contributed by atoms with E-state index in [1.807, 2.05) is 0 Å². The number of alkyl carbamates (subject to hydrolysis) is 1. The summed E-state index contributed by atoms with van der Waals surface area (Å²) >= 11 is 0. The molecule has 0 aliphatic carbocycles. The normalized spacial score (nSPS) is 13.8. The van der Waals surface area contributed by atoms with Gasteiger partial charge in [0.15, 0.2) is 6.04 Å². The smallest absolute Gasteiger partial charge is 0.407 e. The molecular weight excluding hydrogens is 494 g/mol. The van der Waals surface area contributed by atoms with Gasteiger partial charge in [-0.15, -0.1) is 0 Å². The SMILES string of the molecule is NCCCCC(NC(=O)OCc1ccc([N+](=O)[O-])cc1)C(O)C(F)(F)C(N)C(=O)OCc1ccccc1. The first-order chi connectivity index (χ1) is 17.6. The number of rotatable bonds is 14. The van der Waals surface area contributed by atoms with Crippen molar-refractivity contribution in [1.82, 2.24) is 5.32 Å². The lowest BCUT2D eigenvalue weighted by Gasteiger charge is -2.32. The Morgan fingerprint density at radius 3 is 2.22 bits per heavy atom. The van der Waals surface area contributed by atoms with Gasteiger partial charge in [0.1, 0.15) is 19.3 Å². The number of aliphatic hydroxyl groups is 1.